The summed E-state index contributed by atoms with van der Waals surface area (Å²) < 4.78 is 5.00. The van der Waals surface area contributed by atoms with Crippen LogP contribution < -0.4 is 10.6 Å². The predicted octanol–water partition coefficient (Wildman–Crippen LogP) is 4.71. The van der Waals surface area contributed by atoms with E-state index in [1.165, 1.54) is 0 Å². The molecule has 33 heavy (non-hydrogen) atoms. The van der Waals surface area contributed by atoms with E-state index in [1.807, 2.05) is 18.2 Å². The average Bonchev–Trinajstić information content (AvgIpc) is 3.47. The van der Waals surface area contributed by atoms with Gasteiger partial charge in [-0.15, -0.1) is 0 Å². The summed E-state index contributed by atoms with van der Waals surface area (Å²) in [4.78, 5) is 37.8. The molecule has 0 saturated carbocycles. The molecule has 7 nitrogen and oxygen atoms in total. The van der Waals surface area contributed by atoms with Gasteiger partial charge in [-0.1, -0.05) is 47.5 Å². The highest BCUT2D eigenvalue weighted by Gasteiger charge is 2.28. The minimum atomic E-state index is -0.332. The third-order valence-electron chi connectivity index (χ3n) is 5.62. The van der Waals surface area contributed by atoms with Crippen LogP contribution in [0, 0.1) is 0 Å². The fourth-order valence-electron chi connectivity index (χ4n) is 4.05. The summed E-state index contributed by atoms with van der Waals surface area (Å²) in [6.45, 7) is 0.356. The fourth-order valence-corrected chi connectivity index (χ4v) is 4.52. The number of benzene rings is 2. The number of hydrogen-bond donors (Lipinski definition) is 3. The molecule has 4 heterocycles. The zero-order chi connectivity index (χ0) is 23.1. The molecule has 0 atom stereocenters. The molecule has 2 amide bonds. The predicted molar refractivity (Wildman–Crippen MR) is 127 cm³/mol. The van der Waals surface area contributed by atoms with Gasteiger partial charge in [0.15, 0.2) is 0 Å². The fraction of sp³-hybridized carbons (Fsp3) is 0.125. The lowest BCUT2D eigenvalue weighted by Crippen LogP contribution is -2.16. The van der Waals surface area contributed by atoms with Crippen molar-refractivity contribution in [3.63, 3.8) is 0 Å². The van der Waals surface area contributed by atoms with Crippen LogP contribution in [0.4, 0.5) is 11.4 Å². The molecule has 1 aromatic heterocycles. The van der Waals surface area contributed by atoms with Gasteiger partial charge in [0, 0.05) is 23.9 Å². The van der Waals surface area contributed by atoms with Crippen molar-refractivity contribution in [1.82, 2.24) is 4.98 Å². The Morgan fingerprint density at radius 3 is 2.45 bits per heavy atom. The number of aromatic amines is 1. The van der Waals surface area contributed by atoms with Crippen LogP contribution in [0.5, 0.6) is 0 Å². The Kier molecular flexibility index (Phi) is 5.44. The molecule has 0 saturated heterocycles. The van der Waals surface area contributed by atoms with E-state index in [1.54, 1.807) is 30.5 Å². The number of para-hydroxylation sites is 2. The highest BCUT2D eigenvalue weighted by Crippen LogP contribution is 2.38. The van der Waals surface area contributed by atoms with Crippen molar-refractivity contribution >= 4 is 64.0 Å². The molecular weight excluding hydrogens is 465 g/mol. The highest BCUT2D eigenvalue weighted by atomic mass is 35.5. The number of aromatic nitrogens is 1. The molecule has 0 unspecified atom stereocenters. The zero-order valence-corrected chi connectivity index (χ0v) is 18.6. The first-order valence-corrected chi connectivity index (χ1v) is 10.9. The van der Waals surface area contributed by atoms with E-state index >= 15 is 0 Å². The first-order chi connectivity index (χ1) is 15.9. The molecule has 6 rings (SSSR count). The van der Waals surface area contributed by atoms with Crippen LogP contribution in [-0.2, 0) is 27.2 Å². The van der Waals surface area contributed by atoms with Gasteiger partial charge in [0.25, 0.3) is 5.91 Å². The lowest BCUT2D eigenvalue weighted by Gasteiger charge is -2.12. The first kappa shape index (κ1) is 21.3. The molecule has 3 N–H and O–H groups in total. The minimum absolute atomic E-state index is 0.0214. The maximum Gasteiger partial charge on any atom is 0.339 e. The van der Waals surface area contributed by atoms with Crippen molar-refractivity contribution < 1.29 is 19.1 Å². The molecular formula is C24H17Cl2N3O4. The SMILES string of the molecule is O=C1Cc2cccc(Cl)c2N1.O=C1Nc2c(Cl)cccc2C1=Cc1[nH]cc2c1CCOC2=O. The number of anilines is 2. The topological polar surface area (TPSA) is 100 Å². The molecule has 2 aromatic carbocycles. The molecule has 0 radical (unpaired) electrons. The van der Waals surface area contributed by atoms with Gasteiger partial charge < -0.3 is 20.4 Å². The number of halogens is 2. The quantitative estimate of drug-likeness (QED) is 0.346. The summed E-state index contributed by atoms with van der Waals surface area (Å²) >= 11 is 11.9. The Balaban J connectivity index is 0.000000174. The number of carbonyl (C=O) groups is 3. The first-order valence-electron chi connectivity index (χ1n) is 10.2. The minimum Gasteiger partial charge on any atom is -0.462 e. The van der Waals surface area contributed by atoms with E-state index in [4.69, 9.17) is 27.9 Å². The van der Waals surface area contributed by atoms with Crippen LogP contribution in [0.15, 0.2) is 42.6 Å². The normalized spacial score (nSPS) is 16.8. The highest BCUT2D eigenvalue weighted by molar-refractivity contribution is 6.41. The van der Waals surface area contributed by atoms with E-state index in [0.29, 0.717) is 46.3 Å². The lowest BCUT2D eigenvalue weighted by atomic mass is 10.0. The number of hydrogen-bond acceptors (Lipinski definition) is 4. The van der Waals surface area contributed by atoms with Crippen LogP contribution >= 0.6 is 23.2 Å². The molecule has 0 bridgehead atoms. The number of fused-ring (bicyclic) bond motifs is 3. The van der Waals surface area contributed by atoms with Crippen LogP contribution in [0.25, 0.3) is 11.6 Å². The maximum absolute atomic E-state index is 12.2. The van der Waals surface area contributed by atoms with Gasteiger partial charge in [0.05, 0.1) is 45.6 Å². The van der Waals surface area contributed by atoms with Gasteiger partial charge in [-0.05, 0) is 29.3 Å². The van der Waals surface area contributed by atoms with E-state index in [-0.39, 0.29) is 17.8 Å². The standard InChI is InChI=1S/C16H11ClN2O3.C8H6ClNO/c17-12-3-1-2-9-10(15(20)19-14(9)12)6-13-8-4-5-22-16(21)11(8)7-18-13;9-6-3-1-2-5-4-7(11)10-8(5)6/h1-3,6-7,18H,4-5H2,(H,19,20);1-3H,4H2,(H,10,11). The summed E-state index contributed by atoms with van der Waals surface area (Å²) in [5.41, 5.74) is 5.85. The van der Waals surface area contributed by atoms with Gasteiger partial charge in [0.2, 0.25) is 5.91 Å². The van der Waals surface area contributed by atoms with Crippen LogP contribution in [0.3, 0.4) is 0 Å². The Bertz CT molecular complexity index is 1360. The number of ether oxygens (including phenoxy) is 1. The molecule has 0 spiro atoms. The molecule has 0 fully saturated rings. The number of nitrogens with one attached hydrogen (secondary N) is 3. The molecule has 9 heteroatoms. The lowest BCUT2D eigenvalue weighted by molar-refractivity contribution is -0.115. The van der Waals surface area contributed by atoms with Gasteiger partial charge >= 0.3 is 5.97 Å². The van der Waals surface area contributed by atoms with E-state index in [2.05, 4.69) is 15.6 Å². The van der Waals surface area contributed by atoms with Crippen LogP contribution in [0.1, 0.15) is 32.7 Å². The Morgan fingerprint density at radius 2 is 1.67 bits per heavy atom. The number of amides is 2. The number of esters is 1. The second-order valence-corrected chi connectivity index (χ2v) is 8.47. The van der Waals surface area contributed by atoms with Gasteiger partial charge in [-0.2, -0.15) is 0 Å². The van der Waals surface area contributed by atoms with E-state index in [9.17, 15) is 14.4 Å². The second kappa shape index (κ2) is 8.42. The number of carbonyl (C=O) groups excluding carboxylic acids is 3. The van der Waals surface area contributed by atoms with Crippen molar-refractivity contribution in [2.45, 2.75) is 12.8 Å². The number of cyclic esters (lactones) is 1. The Hall–Kier alpha value is -3.55. The Labute approximate surface area is 198 Å². The summed E-state index contributed by atoms with van der Waals surface area (Å²) in [7, 11) is 0. The molecule has 3 aromatic rings. The monoisotopic (exact) mass is 481 g/mol. The zero-order valence-electron chi connectivity index (χ0n) is 17.1. The summed E-state index contributed by atoms with van der Waals surface area (Å²) in [6.07, 6.45) is 4.47. The second-order valence-electron chi connectivity index (χ2n) is 7.65. The number of rotatable bonds is 1. The van der Waals surface area contributed by atoms with Crippen molar-refractivity contribution in [2.24, 2.45) is 0 Å². The van der Waals surface area contributed by atoms with Crippen LogP contribution in [0.2, 0.25) is 10.0 Å². The third-order valence-corrected chi connectivity index (χ3v) is 6.25. The molecule has 3 aliphatic heterocycles. The van der Waals surface area contributed by atoms with Gasteiger partial charge in [-0.25, -0.2) is 4.79 Å². The maximum atomic E-state index is 12.2. The van der Waals surface area contributed by atoms with Crippen LogP contribution in [-0.4, -0.2) is 29.4 Å². The molecule has 0 aliphatic carbocycles. The summed E-state index contributed by atoms with van der Waals surface area (Å²) in [6, 6.07) is 10.9. The molecule has 3 aliphatic rings. The smallest absolute Gasteiger partial charge is 0.339 e. The van der Waals surface area contributed by atoms with Gasteiger partial charge in [-0.3, -0.25) is 9.59 Å². The van der Waals surface area contributed by atoms with E-state index in [0.717, 1.165) is 28.1 Å². The number of H-pyrrole nitrogens is 1. The summed E-state index contributed by atoms with van der Waals surface area (Å²) in [5.74, 6) is -0.514. The van der Waals surface area contributed by atoms with E-state index < -0.39 is 0 Å². The average molecular weight is 482 g/mol. The molecule has 166 valence electrons. The van der Waals surface area contributed by atoms with Crippen molar-refractivity contribution in [2.75, 3.05) is 17.2 Å². The summed E-state index contributed by atoms with van der Waals surface area (Å²) in [5, 5.41) is 6.59. The van der Waals surface area contributed by atoms with Crippen molar-refractivity contribution in [3.05, 3.63) is 80.6 Å². The van der Waals surface area contributed by atoms with Crippen molar-refractivity contribution in [3.8, 4) is 0 Å². The van der Waals surface area contributed by atoms with Crippen molar-refractivity contribution in [1.29, 1.82) is 0 Å². The largest absolute Gasteiger partial charge is 0.462 e. The van der Waals surface area contributed by atoms with Gasteiger partial charge in [0.1, 0.15) is 0 Å². The Morgan fingerprint density at radius 1 is 0.909 bits per heavy atom. The third kappa shape index (κ3) is 3.90.